The van der Waals surface area contributed by atoms with E-state index in [0.29, 0.717) is 0 Å². The third kappa shape index (κ3) is 20.9. The van der Waals surface area contributed by atoms with E-state index >= 15 is 0 Å². The summed E-state index contributed by atoms with van der Waals surface area (Å²) in [6.45, 7) is -8.28. The lowest BCUT2D eigenvalue weighted by Crippen LogP contribution is -2.69. The molecule has 112 heavy (non-hydrogen) atoms. The van der Waals surface area contributed by atoms with Crippen molar-refractivity contribution in [2.24, 2.45) is 0 Å². The normalized spacial score (nSPS) is 46.0. The van der Waals surface area contributed by atoms with Gasteiger partial charge in [0.1, 0.15) is 219 Å². The van der Waals surface area contributed by atoms with Gasteiger partial charge in [-0.1, -0.05) is 6.07 Å². The molecule has 0 bridgehead atoms. The molecule has 30 N–H and O–H groups in total. The van der Waals surface area contributed by atoms with Gasteiger partial charge in [0.2, 0.25) is 11.8 Å². The number of amides is 2. The minimum Gasteiger partial charge on any atom is -0.394 e. The van der Waals surface area contributed by atoms with Crippen molar-refractivity contribution in [3.05, 3.63) is 24.4 Å². The second kappa shape index (κ2) is 41.2. The Morgan fingerprint density at radius 3 is 1.21 bits per heavy atom. The molecule has 44 atom stereocenters. The molecule has 8 saturated heterocycles. The van der Waals surface area contributed by atoms with E-state index in [9.17, 15) is 147 Å². The molecule has 0 aromatic carbocycles. The summed E-state index contributed by atoms with van der Waals surface area (Å²) in [5.74, 6) is -1.43. The van der Waals surface area contributed by atoms with Crippen LogP contribution < -0.4 is 16.0 Å². The molecule has 0 spiro atoms. The monoisotopic (exact) mass is 1640 g/mol. The number of aromatic nitrogens is 1. The average Bonchev–Trinajstić information content (AvgIpc) is 0.776. The van der Waals surface area contributed by atoms with E-state index in [4.69, 9.17) is 75.8 Å². The number of aliphatic hydroxyl groups is 27. The number of nitrogens with zero attached hydrogens (tertiary/aromatic N) is 1. The van der Waals surface area contributed by atoms with Crippen molar-refractivity contribution in [1.29, 1.82) is 0 Å². The first-order valence-corrected chi connectivity index (χ1v) is 35.6. The van der Waals surface area contributed by atoms with Crippen LogP contribution in [0.5, 0.6) is 0 Å². The first-order valence-electron chi connectivity index (χ1n) is 35.6. The predicted molar refractivity (Wildman–Crippen MR) is 348 cm³/mol. The van der Waals surface area contributed by atoms with Gasteiger partial charge in [-0.05, 0) is 12.1 Å². The lowest BCUT2D eigenvalue weighted by Gasteiger charge is -2.50. The van der Waals surface area contributed by atoms with Crippen LogP contribution in [0.1, 0.15) is 13.8 Å². The van der Waals surface area contributed by atoms with Crippen molar-refractivity contribution in [3.8, 4) is 0 Å². The highest BCUT2D eigenvalue weighted by Gasteiger charge is 2.60. The van der Waals surface area contributed by atoms with Crippen molar-refractivity contribution in [2.75, 3.05) is 71.3 Å². The molecule has 2 amide bonds. The van der Waals surface area contributed by atoms with Crippen LogP contribution >= 0.6 is 0 Å². The smallest absolute Gasteiger partial charge is 0.217 e. The molecular formula is C63H104N4O45. The first-order chi connectivity index (χ1) is 53.2. The van der Waals surface area contributed by atoms with E-state index in [2.05, 4.69) is 20.9 Å². The highest BCUT2D eigenvalue weighted by molar-refractivity contribution is 5.73. The third-order valence-electron chi connectivity index (χ3n) is 20.2. The summed E-state index contributed by atoms with van der Waals surface area (Å²) >= 11 is 0. The summed E-state index contributed by atoms with van der Waals surface area (Å²) < 4.78 is 93.9. The Morgan fingerprint density at radius 2 is 0.768 bits per heavy atom. The number of pyridine rings is 1. The number of carbonyl (C=O) groups is 2. The molecule has 8 aliphatic heterocycles. The van der Waals surface area contributed by atoms with Crippen molar-refractivity contribution in [2.45, 2.75) is 284 Å². The molecule has 1 aromatic heterocycles. The summed E-state index contributed by atoms with van der Waals surface area (Å²) in [5, 5.41) is 306. The van der Waals surface area contributed by atoms with Gasteiger partial charge >= 0.3 is 0 Å². The molecule has 1 aromatic rings. The van der Waals surface area contributed by atoms with Gasteiger partial charge in [0.15, 0.2) is 50.3 Å². The van der Waals surface area contributed by atoms with Crippen LogP contribution in [0.25, 0.3) is 0 Å². The molecule has 0 aliphatic carbocycles. The molecule has 9 rings (SSSR count). The molecule has 8 fully saturated rings. The Balaban J connectivity index is 1.05. The molecule has 49 nitrogen and oxygen atoms in total. The van der Waals surface area contributed by atoms with Crippen LogP contribution in [0.15, 0.2) is 24.4 Å². The fourth-order valence-electron chi connectivity index (χ4n) is 13.8. The minimum atomic E-state index is -2.56. The Hall–Kier alpha value is -3.83. The SMILES string of the molecule is CC(=O)N[C@H]1[C@H](O[C@@H]([C@H](O)[C@H](CNc2ccccn2)NC(C)=O)[C@H](O)CO)O[C@H](CO)[C@@H](O[C@@H]2O[C@H](CO[C@H]3O[C@H](CO[C@H]4O[C@H](CO)[C@@H](O)[C@H](O)[C@@H]4O[C@H]4O[C@H](CO)[C@@H](O)[C@H](O)[C@@H]4O)[C@@H](O)[C@H](O[C@H]4O[C@H](CO)[C@@H](O)[C@H](O)[C@@H]4O)[C@@H]3O)[C@@H](O)[C@H](O[C@H]3O[C@H](CO)[C@@H](O)[C@H](O)[C@@H]3O[C@H]3O[C@H](CO)[C@@H](O)[C@H](O)[C@@H]3O)[C@@H]2O)[C@@H]1O. The average molecular weight is 1640 g/mol. The molecule has 0 unspecified atom stereocenters. The van der Waals surface area contributed by atoms with E-state index in [-0.39, 0.29) is 12.4 Å². The van der Waals surface area contributed by atoms with Crippen molar-refractivity contribution in [1.82, 2.24) is 15.6 Å². The molecule has 49 heteroatoms. The van der Waals surface area contributed by atoms with Crippen molar-refractivity contribution < 1.29 is 223 Å². The number of hydrogen-bond acceptors (Lipinski definition) is 47. The van der Waals surface area contributed by atoms with E-state index in [1.807, 2.05) is 0 Å². The fourth-order valence-corrected chi connectivity index (χ4v) is 13.8. The summed E-state index contributed by atoms with van der Waals surface area (Å²) in [7, 11) is 0. The highest BCUT2D eigenvalue weighted by atomic mass is 16.8. The Labute approximate surface area is 634 Å². The number of hydrogen-bond donors (Lipinski definition) is 30. The third-order valence-corrected chi connectivity index (χ3v) is 20.2. The van der Waals surface area contributed by atoms with Gasteiger partial charge in [0, 0.05) is 26.6 Å². The van der Waals surface area contributed by atoms with Crippen LogP contribution in [0.3, 0.4) is 0 Å². The lowest BCUT2D eigenvalue weighted by molar-refractivity contribution is -0.399. The van der Waals surface area contributed by atoms with E-state index < -0.39 is 341 Å². The largest absolute Gasteiger partial charge is 0.394 e. The van der Waals surface area contributed by atoms with Gasteiger partial charge in [-0.2, -0.15) is 0 Å². The summed E-state index contributed by atoms with van der Waals surface area (Å²) in [5.41, 5.74) is 0. The molecule has 9 heterocycles. The van der Waals surface area contributed by atoms with Gasteiger partial charge in [-0.25, -0.2) is 4.98 Å². The van der Waals surface area contributed by atoms with Crippen molar-refractivity contribution >= 4 is 17.6 Å². The fraction of sp³-hybridized carbons (Fsp3) is 0.889. The van der Waals surface area contributed by atoms with E-state index in [1.165, 1.54) is 12.3 Å². The Kier molecular flexibility index (Phi) is 33.9. The number of nitrogens with one attached hydrogen (secondary N) is 3. The zero-order valence-electron chi connectivity index (χ0n) is 59.7. The topological polar surface area (TPSA) is 777 Å². The Bertz CT molecular complexity index is 3000. The highest BCUT2D eigenvalue weighted by Crippen LogP contribution is 2.39. The maximum Gasteiger partial charge on any atom is 0.217 e. The first kappa shape index (κ1) is 92.1. The van der Waals surface area contributed by atoms with Crippen LogP contribution in [-0.2, 0) is 85.4 Å². The van der Waals surface area contributed by atoms with Gasteiger partial charge in [-0.15, -0.1) is 0 Å². The van der Waals surface area contributed by atoms with E-state index in [0.717, 1.165) is 13.8 Å². The molecule has 8 aliphatic rings. The number of carbonyl (C=O) groups excluding carboxylic acids is 2. The molecular weight excluding hydrogens is 1530 g/mol. The number of rotatable bonds is 33. The maximum atomic E-state index is 13.1. The summed E-state index contributed by atoms with van der Waals surface area (Å²) in [4.78, 5) is 29.7. The number of anilines is 1. The summed E-state index contributed by atoms with van der Waals surface area (Å²) in [6, 6.07) is 1.35. The van der Waals surface area contributed by atoms with Gasteiger partial charge < -0.3 is 230 Å². The second-order valence-electron chi connectivity index (χ2n) is 27.9. The molecule has 0 saturated carbocycles. The van der Waals surface area contributed by atoms with Gasteiger partial charge in [0.25, 0.3) is 0 Å². The van der Waals surface area contributed by atoms with Crippen LogP contribution in [0.4, 0.5) is 5.82 Å². The van der Waals surface area contributed by atoms with Gasteiger partial charge in [-0.3, -0.25) is 9.59 Å². The van der Waals surface area contributed by atoms with Crippen molar-refractivity contribution in [3.63, 3.8) is 0 Å². The minimum absolute atomic E-state index is 0.247. The molecule has 646 valence electrons. The quantitative estimate of drug-likeness (QED) is 0.0311. The maximum absolute atomic E-state index is 13.1. The number of ether oxygens (including phenoxy) is 16. The second-order valence-corrected chi connectivity index (χ2v) is 27.9. The number of aliphatic hydroxyl groups excluding tert-OH is 27. The van der Waals surface area contributed by atoms with Crippen LogP contribution in [-0.4, -0.2) is 491 Å². The van der Waals surface area contributed by atoms with Crippen LogP contribution in [0, 0.1) is 0 Å². The summed E-state index contributed by atoms with van der Waals surface area (Å²) in [6.07, 6.45) is -88.2. The predicted octanol–water partition coefficient (Wildman–Crippen LogP) is -19.2. The van der Waals surface area contributed by atoms with Crippen LogP contribution in [0.2, 0.25) is 0 Å². The lowest BCUT2D eigenvalue weighted by atomic mass is 9.94. The Morgan fingerprint density at radius 1 is 0.393 bits per heavy atom. The van der Waals surface area contributed by atoms with E-state index in [1.54, 1.807) is 12.1 Å². The molecule has 0 radical (unpaired) electrons. The zero-order chi connectivity index (χ0) is 82.2. The van der Waals surface area contributed by atoms with Gasteiger partial charge in [0.05, 0.1) is 65.5 Å². The zero-order valence-corrected chi connectivity index (χ0v) is 59.7. The standard InChI is InChI=1S/C63H104N4O45/c1-17(75)66-19(7-65-29-5-3-4-6-64-29)31(78)50(20(77)8-68)107-56-30(67-18(2)76)39(86)51(26(14-74)104-56)108-61-49(96)53(110-63-55(44(91)36(83)25(13-73)103-63)112-60-47(94)42(89)34(81)23(11-71)101-60)38(85)28(106-61)15-97-57-48(95)52(109-58-45(92)40(87)32(79)21(9-69)99-58)37(84)27(105-57)16-98-62-54(43(90)35(82)24(12-72)102-62)111-59-46(93)41(88)33(80)22(10-70)100-59/h3-6,19-28,30-63,68-74,77-96H,7-16H2,1-2H3,(H,64,65)(H,66,75)(H,67,76)/t19-,20+,21+,22+,23+,24+,25+,26+,27+,28+,30+,31+,32+,33+,34+,35+,36+,37+,38+,39+,40-,41-,42-,43-,44-,45-,46-,47-,48-,49-,50+,51+,52-,53-,54-,55-,56-,57-,58+,59+,60+,61-,62-,63+/m0/s1.